The summed E-state index contributed by atoms with van der Waals surface area (Å²) in [5, 5.41) is 0. The van der Waals surface area contributed by atoms with Gasteiger partial charge in [0.25, 0.3) is 11.5 Å². The lowest BCUT2D eigenvalue weighted by molar-refractivity contribution is 0.0712. The van der Waals surface area contributed by atoms with Crippen molar-refractivity contribution in [3.05, 3.63) is 28.4 Å². The molecule has 6 nitrogen and oxygen atoms in total. The zero-order valence-corrected chi connectivity index (χ0v) is 9.72. The molecule has 0 aliphatic heterocycles. The third-order valence-corrected chi connectivity index (χ3v) is 3.12. The van der Waals surface area contributed by atoms with E-state index in [9.17, 15) is 9.59 Å². The number of likely N-dealkylation sites (N-methyl/N-ethyl adjacent to an activating group) is 1. The molecule has 1 heterocycles. The summed E-state index contributed by atoms with van der Waals surface area (Å²) in [6.45, 7) is 0.455. The van der Waals surface area contributed by atoms with Crippen molar-refractivity contribution >= 4 is 5.91 Å². The van der Waals surface area contributed by atoms with Gasteiger partial charge in [0.15, 0.2) is 0 Å². The van der Waals surface area contributed by atoms with Crippen LogP contribution in [0, 0.1) is 5.92 Å². The Hall–Kier alpha value is -1.69. The Labute approximate surface area is 98.8 Å². The smallest absolute Gasteiger partial charge is 0.274 e. The van der Waals surface area contributed by atoms with E-state index >= 15 is 0 Å². The summed E-state index contributed by atoms with van der Waals surface area (Å²) in [5.74, 6) is 0.306. The molecule has 1 atom stereocenters. The van der Waals surface area contributed by atoms with Gasteiger partial charge in [-0.05, 0) is 18.8 Å². The van der Waals surface area contributed by atoms with Crippen molar-refractivity contribution in [3.63, 3.8) is 0 Å². The van der Waals surface area contributed by atoms with Gasteiger partial charge in [-0.1, -0.05) is 0 Å². The summed E-state index contributed by atoms with van der Waals surface area (Å²) in [7, 11) is 1.73. The van der Waals surface area contributed by atoms with Gasteiger partial charge in [-0.25, -0.2) is 4.98 Å². The highest BCUT2D eigenvalue weighted by atomic mass is 16.2. The highest BCUT2D eigenvalue weighted by Crippen LogP contribution is 2.34. The molecular formula is C11H16N4O2. The third kappa shape index (κ3) is 2.52. The van der Waals surface area contributed by atoms with E-state index in [0.717, 1.165) is 19.0 Å². The predicted octanol–water partition coefficient (Wildman–Crippen LogP) is -0.421. The van der Waals surface area contributed by atoms with Crippen LogP contribution in [0.15, 0.2) is 17.2 Å². The summed E-state index contributed by atoms with van der Waals surface area (Å²) in [6.07, 6.45) is 4.69. The molecule has 1 aromatic heterocycles. The van der Waals surface area contributed by atoms with Crippen molar-refractivity contribution in [1.82, 2.24) is 14.9 Å². The Morgan fingerprint density at radius 1 is 1.71 bits per heavy atom. The van der Waals surface area contributed by atoms with Crippen LogP contribution in [0.2, 0.25) is 0 Å². The molecule has 1 aliphatic carbocycles. The molecule has 0 bridgehead atoms. The zero-order chi connectivity index (χ0) is 12.4. The van der Waals surface area contributed by atoms with Gasteiger partial charge >= 0.3 is 0 Å². The highest BCUT2D eigenvalue weighted by molar-refractivity contribution is 5.92. The SMILES string of the molecule is CN(C(=O)c1c[nH]c(=O)cn1)C(CN)C1CC1. The fraction of sp³-hybridized carbons (Fsp3) is 0.545. The zero-order valence-electron chi connectivity index (χ0n) is 9.72. The van der Waals surface area contributed by atoms with E-state index in [1.807, 2.05) is 0 Å². The second-order valence-electron chi connectivity index (χ2n) is 4.35. The molecule has 2 rings (SSSR count). The predicted molar refractivity (Wildman–Crippen MR) is 62.5 cm³/mol. The molecule has 17 heavy (non-hydrogen) atoms. The average Bonchev–Trinajstić information content (AvgIpc) is 3.14. The van der Waals surface area contributed by atoms with Gasteiger partial charge in [-0.15, -0.1) is 0 Å². The molecule has 1 aliphatic rings. The maximum absolute atomic E-state index is 12.1. The minimum absolute atomic E-state index is 0.0660. The molecule has 1 amide bonds. The lowest BCUT2D eigenvalue weighted by Gasteiger charge is -2.26. The van der Waals surface area contributed by atoms with Crippen LogP contribution in [0.4, 0.5) is 0 Å². The van der Waals surface area contributed by atoms with Gasteiger partial charge in [-0.2, -0.15) is 0 Å². The van der Waals surface area contributed by atoms with Crippen LogP contribution in [0.5, 0.6) is 0 Å². The number of aromatic amines is 1. The number of amides is 1. The normalized spacial score (nSPS) is 16.6. The van der Waals surface area contributed by atoms with Crippen LogP contribution < -0.4 is 11.3 Å². The first-order valence-electron chi connectivity index (χ1n) is 5.65. The first-order valence-corrected chi connectivity index (χ1v) is 5.65. The van der Waals surface area contributed by atoms with Gasteiger partial charge in [0.2, 0.25) is 0 Å². The van der Waals surface area contributed by atoms with E-state index in [4.69, 9.17) is 5.73 Å². The molecule has 0 radical (unpaired) electrons. The molecule has 6 heteroatoms. The first kappa shape index (κ1) is 11.8. The Morgan fingerprint density at radius 3 is 2.88 bits per heavy atom. The van der Waals surface area contributed by atoms with Crippen molar-refractivity contribution < 1.29 is 4.79 Å². The summed E-state index contributed by atoms with van der Waals surface area (Å²) in [4.78, 5) is 30.8. The van der Waals surface area contributed by atoms with Crippen LogP contribution in [-0.4, -0.2) is 40.4 Å². The number of nitrogens with one attached hydrogen (secondary N) is 1. The van der Waals surface area contributed by atoms with Gasteiger partial charge in [0, 0.05) is 25.8 Å². The monoisotopic (exact) mass is 236 g/mol. The number of rotatable bonds is 4. The molecule has 0 spiro atoms. The van der Waals surface area contributed by atoms with Crippen molar-refractivity contribution in [2.45, 2.75) is 18.9 Å². The van der Waals surface area contributed by atoms with Crippen molar-refractivity contribution in [1.29, 1.82) is 0 Å². The molecule has 0 saturated heterocycles. The number of hydrogen-bond donors (Lipinski definition) is 2. The quantitative estimate of drug-likeness (QED) is 0.742. The van der Waals surface area contributed by atoms with E-state index in [1.54, 1.807) is 11.9 Å². The topological polar surface area (TPSA) is 92.1 Å². The minimum atomic E-state index is -0.318. The number of carbonyl (C=O) groups is 1. The number of aromatic nitrogens is 2. The number of H-pyrrole nitrogens is 1. The van der Waals surface area contributed by atoms with E-state index < -0.39 is 0 Å². The lowest BCUT2D eigenvalue weighted by atomic mass is 10.1. The number of carbonyl (C=O) groups excluding carboxylic acids is 1. The summed E-state index contributed by atoms with van der Waals surface area (Å²) in [5.41, 5.74) is 5.61. The summed E-state index contributed by atoms with van der Waals surface area (Å²) in [6, 6.07) is 0.0660. The lowest BCUT2D eigenvalue weighted by Crippen LogP contribution is -2.43. The van der Waals surface area contributed by atoms with E-state index in [-0.39, 0.29) is 23.2 Å². The molecule has 1 saturated carbocycles. The van der Waals surface area contributed by atoms with Gasteiger partial charge in [-0.3, -0.25) is 9.59 Å². The molecular weight excluding hydrogens is 220 g/mol. The van der Waals surface area contributed by atoms with E-state index in [1.165, 1.54) is 6.20 Å². The van der Waals surface area contributed by atoms with Gasteiger partial charge in [0.1, 0.15) is 5.69 Å². The van der Waals surface area contributed by atoms with Crippen molar-refractivity contribution in [3.8, 4) is 0 Å². The van der Waals surface area contributed by atoms with E-state index in [0.29, 0.717) is 12.5 Å². The Morgan fingerprint density at radius 2 is 2.41 bits per heavy atom. The maximum atomic E-state index is 12.1. The number of hydrogen-bond acceptors (Lipinski definition) is 4. The van der Waals surface area contributed by atoms with Crippen LogP contribution in [-0.2, 0) is 0 Å². The van der Waals surface area contributed by atoms with Crippen LogP contribution >= 0.6 is 0 Å². The minimum Gasteiger partial charge on any atom is -0.336 e. The van der Waals surface area contributed by atoms with Gasteiger partial charge in [0.05, 0.1) is 6.20 Å². The number of nitrogens with zero attached hydrogens (tertiary/aromatic N) is 2. The Bertz CT molecular complexity index is 446. The van der Waals surface area contributed by atoms with Crippen molar-refractivity contribution in [2.24, 2.45) is 11.7 Å². The van der Waals surface area contributed by atoms with Crippen LogP contribution in [0.1, 0.15) is 23.3 Å². The van der Waals surface area contributed by atoms with Crippen molar-refractivity contribution in [2.75, 3.05) is 13.6 Å². The molecule has 92 valence electrons. The first-order chi connectivity index (χ1) is 8.13. The van der Waals surface area contributed by atoms with Gasteiger partial charge < -0.3 is 15.6 Å². The molecule has 0 aromatic carbocycles. The fourth-order valence-electron chi connectivity index (χ4n) is 1.94. The Balaban J connectivity index is 2.13. The second-order valence-corrected chi connectivity index (χ2v) is 4.35. The standard InChI is InChI=1S/C11H16N4O2/c1-15(9(4-12)7-2-3-7)11(17)8-5-14-10(16)6-13-8/h5-7,9H,2-4,12H2,1H3,(H,14,16). The Kier molecular flexibility index (Phi) is 3.23. The second kappa shape index (κ2) is 4.67. The fourth-order valence-corrected chi connectivity index (χ4v) is 1.94. The summed E-state index contributed by atoms with van der Waals surface area (Å²) < 4.78 is 0. The molecule has 1 aromatic rings. The highest BCUT2D eigenvalue weighted by Gasteiger charge is 2.35. The molecule has 3 N–H and O–H groups in total. The largest absolute Gasteiger partial charge is 0.336 e. The van der Waals surface area contributed by atoms with E-state index in [2.05, 4.69) is 9.97 Å². The third-order valence-electron chi connectivity index (χ3n) is 3.12. The van der Waals surface area contributed by atoms with Crippen LogP contribution in [0.25, 0.3) is 0 Å². The maximum Gasteiger partial charge on any atom is 0.274 e. The molecule has 1 unspecified atom stereocenters. The number of nitrogens with two attached hydrogens (primary N) is 1. The molecule has 1 fully saturated rings. The van der Waals surface area contributed by atoms with Crippen LogP contribution in [0.3, 0.4) is 0 Å². The summed E-state index contributed by atoms with van der Waals surface area (Å²) >= 11 is 0. The average molecular weight is 236 g/mol.